The number of pyridine rings is 1. The Bertz CT molecular complexity index is 1610. The number of nitrogens with zero attached hydrogens (tertiary/aromatic N) is 1. The van der Waals surface area contributed by atoms with Crippen molar-refractivity contribution in [3.8, 4) is 22.4 Å². The summed E-state index contributed by atoms with van der Waals surface area (Å²) in [5, 5.41) is 0.968. The standard InChI is InChI=1S/C27H17F5N2O/c28-22-6-4-20(23(29)14-22)15-34-25(12-21(13-26(34)35)27(30,31)32)19-3-1-2-16(11-19)17-5-7-24-18(10-17)8-9-33-24/h1-14,33H,15H2. The summed E-state index contributed by atoms with van der Waals surface area (Å²) in [4.78, 5) is 15.9. The Morgan fingerprint density at radius 3 is 2.34 bits per heavy atom. The number of fused-ring (bicyclic) bond motifs is 1. The van der Waals surface area contributed by atoms with Gasteiger partial charge in [0, 0.05) is 29.4 Å². The number of nitrogens with one attached hydrogen (secondary N) is 1. The Kier molecular flexibility index (Phi) is 5.51. The highest BCUT2D eigenvalue weighted by atomic mass is 19.4. The van der Waals surface area contributed by atoms with Gasteiger partial charge in [-0.25, -0.2) is 8.78 Å². The number of aromatic amines is 1. The second-order valence-electron chi connectivity index (χ2n) is 8.15. The maximum Gasteiger partial charge on any atom is 0.416 e. The molecule has 0 radical (unpaired) electrons. The molecule has 0 fully saturated rings. The van der Waals surface area contributed by atoms with Gasteiger partial charge in [-0.05, 0) is 58.5 Å². The van der Waals surface area contributed by atoms with Crippen molar-refractivity contribution < 1.29 is 22.0 Å². The van der Waals surface area contributed by atoms with Gasteiger partial charge < -0.3 is 9.55 Å². The first kappa shape index (κ1) is 22.6. The third-order valence-electron chi connectivity index (χ3n) is 5.84. The van der Waals surface area contributed by atoms with Crippen LogP contribution in [-0.4, -0.2) is 9.55 Å². The molecule has 0 amide bonds. The molecule has 5 rings (SSSR count). The average Bonchev–Trinajstić information content (AvgIpc) is 3.29. The average molecular weight is 480 g/mol. The van der Waals surface area contributed by atoms with E-state index in [1.165, 1.54) is 6.07 Å². The van der Waals surface area contributed by atoms with E-state index in [-0.39, 0.29) is 17.8 Å². The molecule has 2 aromatic heterocycles. The first-order valence-corrected chi connectivity index (χ1v) is 10.6. The molecule has 3 nitrogen and oxygen atoms in total. The Morgan fingerprint density at radius 2 is 1.57 bits per heavy atom. The van der Waals surface area contributed by atoms with E-state index in [1.54, 1.807) is 24.4 Å². The predicted molar refractivity (Wildman–Crippen MR) is 124 cm³/mol. The molecule has 1 N–H and O–H groups in total. The number of halogens is 5. The first-order valence-electron chi connectivity index (χ1n) is 10.6. The second-order valence-corrected chi connectivity index (χ2v) is 8.15. The molecule has 0 aliphatic carbocycles. The van der Waals surface area contributed by atoms with Crippen molar-refractivity contribution >= 4 is 10.9 Å². The van der Waals surface area contributed by atoms with Gasteiger partial charge in [0.05, 0.1) is 17.8 Å². The van der Waals surface area contributed by atoms with Crippen molar-refractivity contribution in [2.24, 2.45) is 0 Å². The van der Waals surface area contributed by atoms with Gasteiger partial charge in [-0.3, -0.25) is 4.79 Å². The van der Waals surface area contributed by atoms with Crippen molar-refractivity contribution in [2.45, 2.75) is 12.7 Å². The van der Waals surface area contributed by atoms with Gasteiger partial charge in [0.15, 0.2) is 0 Å². The van der Waals surface area contributed by atoms with Crippen LogP contribution in [0.3, 0.4) is 0 Å². The predicted octanol–water partition coefficient (Wildman–Crippen LogP) is 7.01. The van der Waals surface area contributed by atoms with Crippen LogP contribution in [-0.2, 0) is 12.7 Å². The molecule has 0 unspecified atom stereocenters. The van der Waals surface area contributed by atoms with Gasteiger partial charge in [-0.1, -0.05) is 30.3 Å². The van der Waals surface area contributed by atoms with Crippen molar-refractivity contribution in [3.63, 3.8) is 0 Å². The molecule has 0 saturated carbocycles. The Hall–Kier alpha value is -4.20. The molecule has 0 aliphatic heterocycles. The molecule has 2 heterocycles. The SMILES string of the molecule is O=c1cc(C(F)(F)F)cc(-c2cccc(-c3ccc4[nH]ccc4c3)c2)n1Cc1ccc(F)cc1F. The van der Waals surface area contributed by atoms with E-state index in [0.29, 0.717) is 17.7 Å². The van der Waals surface area contributed by atoms with Crippen LogP contribution in [0.4, 0.5) is 22.0 Å². The molecule has 8 heteroatoms. The summed E-state index contributed by atoms with van der Waals surface area (Å²) in [6, 6.07) is 18.6. The number of hydrogen-bond donors (Lipinski definition) is 1. The minimum Gasteiger partial charge on any atom is -0.361 e. The van der Waals surface area contributed by atoms with Crippen molar-refractivity contribution in [3.05, 3.63) is 118 Å². The smallest absolute Gasteiger partial charge is 0.361 e. The van der Waals surface area contributed by atoms with Crippen LogP contribution in [0.2, 0.25) is 0 Å². The van der Waals surface area contributed by atoms with E-state index in [2.05, 4.69) is 4.98 Å². The van der Waals surface area contributed by atoms with Crippen LogP contribution in [0.1, 0.15) is 11.1 Å². The third kappa shape index (κ3) is 4.47. The number of hydrogen-bond acceptors (Lipinski definition) is 1. The lowest BCUT2D eigenvalue weighted by molar-refractivity contribution is -0.137. The second kappa shape index (κ2) is 8.54. The van der Waals surface area contributed by atoms with Crippen LogP contribution >= 0.6 is 0 Å². The molecule has 0 spiro atoms. The van der Waals surface area contributed by atoms with E-state index in [9.17, 15) is 26.7 Å². The summed E-state index contributed by atoms with van der Waals surface area (Å²) < 4.78 is 69.3. The van der Waals surface area contributed by atoms with Crippen LogP contribution in [0, 0.1) is 11.6 Å². The lowest BCUT2D eigenvalue weighted by Gasteiger charge is -2.17. The minimum absolute atomic E-state index is 0.0245. The number of alkyl halides is 3. The van der Waals surface area contributed by atoms with Crippen LogP contribution in [0.25, 0.3) is 33.3 Å². The zero-order valence-corrected chi connectivity index (χ0v) is 18.0. The fourth-order valence-electron chi connectivity index (χ4n) is 4.07. The number of rotatable bonds is 4. The Morgan fingerprint density at radius 1 is 0.800 bits per heavy atom. The number of aromatic nitrogens is 2. The van der Waals surface area contributed by atoms with E-state index < -0.39 is 28.9 Å². The zero-order valence-electron chi connectivity index (χ0n) is 18.0. The summed E-state index contributed by atoms with van der Waals surface area (Å²) in [6.07, 6.45) is -2.94. The fourth-order valence-corrected chi connectivity index (χ4v) is 4.07. The normalized spacial score (nSPS) is 11.8. The molecule has 5 aromatic rings. The molecular weight excluding hydrogens is 463 g/mol. The summed E-state index contributed by atoms with van der Waals surface area (Å²) in [5.41, 5.74) is 0.756. The van der Waals surface area contributed by atoms with Crippen molar-refractivity contribution in [1.29, 1.82) is 0 Å². The zero-order chi connectivity index (χ0) is 24.7. The molecule has 176 valence electrons. The Labute approximate surface area is 196 Å². The number of H-pyrrole nitrogens is 1. The lowest BCUT2D eigenvalue weighted by Crippen LogP contribution is -2.25. The first-order chi connectivity index (χ1) is 16.7. The molecule has 0 atom stereocenters. The molecule has 0 aliphatic rings. The molecule has 0 saturated heterocycles. The van der Waals surface area contributed by atoms with Crippen LogP contribution < -0.4 is 5.56 Å². The van der Waals surface area contributed by atoms with Gasteiger partial charge in [0.25, 0.3) is 5.56 Å². The highest BCUT2D eigenvalue weighted by molar-refractivity contribution is 5.85. The summed E-state index contributed by atoms with van der Waals surface area (Å²) in [6.45, 7) is -0.363. The quantitative estimate of drug-likeness (QED) is 0.276. The van der Waals surface area contributed by atoms with E-state index in [4.69, 9.17) is 0 Å². The van der Waals surface area contributed by atoms with Crippen molar-refractivity contribution in [2.75, 3.05) is 0 Å². The summed E-state index contributed by atoms with van der Waals surface area (Å²) in [5.74, 6) is -1.69. The summed E-state index contributed by atoms with van der Waals surface area (Å²) >= 11 is 0. The van der Waals surface area contributed by atoms with Crippen LogP contribution in [0.15, 0.2) is 89.9 Å². The van der Waals surface area contributed by atoms with Crippen LogP contribution in [0.5, 0.6) is 0 Å². The van der Waals surface area contributed by atoms with Gasteiger partial charge in [-0.15, -0.1) is 0 Å². The fraction of sp³-hybridized carbons (Fsp3) is 0.0741. The minimum atomic E-state index is -4.74. The maximum atomic E-state index is 14.3. The summed E-state index contributed by atoms with van der Waals surface area (Å²) in [7, 11) is 0. The van der Waals surface area contributed by atoms with Gasteiger partial charge in [0.2, 0.25) is 0 Å². The largest absolute Gasteiger partial charge is 0.416 e. The monoisotopic (exact) mass is 480 g/mol. The van der Waals surface area contributed by atoms with E-state index in [1.807, 2.05) is 30.3 Å². The van der Waals surface area contributed by atoms with Gasteiger partial charge in [0.1, 0.15) is 11.6 Å². The highest BCUT2D eigenvalue weighted by Crippen LogP contribution is 2.33. The lowest BCUT2D eigenvalue weighted by atomic mass is 9.99. The van der Waals surface area contributed by atoms with Crippen molar-refractivity contribution in [1.82, 2.24) is 9.55 Å². The maximum absolute atomic E-state index is 14.3. The molecule has 35 heavy (non-hydrogen) atoms. The van der Waals surface area contributed by atoms with Gasteiger partial charge >= 0.3 is 6.18 Å². The topological polar surface area (TPSA) is 37.8 Å². The Balaban J connectivity index is 1.66. The highest BCUT2D eigenvalue weighted by Gasteiger charge is 2.32. The molecule has 3 aromatic carbocycles. The molecule has 0 bridgehead atoms. The number of benzene rings is 3. The third-order valence-corrected chi connectivity index (χ3v) is 5.84. The molecular formula is C27H17F5N2O. The van der Waals surface area contributed by atoms with Gasteiger partial charge in [-0.2, -0.15) is 13.2 Å². The van der Waals surface area contributed by atoms with E-state index >= 15 is 0 Å². The van der Waals surface area contributed by atoms with E-state index in [0.717, 1.165) is 38.7 Å².